The Balaban J connectivity index is 1.75. The largest absolute Gasteiger partial charge is 0.427 e. The lowest BCUT2D eigenvalue weighted by Gasteiger charge is -2.14. The zero-order valence-electron chi connectivity index (χ0n) is 15.0. The molecule has 134 valence electrons. The highest BCUT2D eigenvalue weighted by Gasteiger charge is 2.12. The van der Waals surface area contributed by atoms with E-state index in [9.17, 15) is 4.79 Å². The van der Waals surface area contributed by atoms with Crippen molar-refractivity contribution in [2.75, 3.05) is 0 Å². The topological polar surface area (TPSA) is 76.2 Å². The number of carbonyl (C=O) groups is 1. The maximum Gasteiger partial charge on any atom is 0.311 e. The molecule has 0 bridgehead atoms. The zero-order chi connectivity index (χ0) is 18.1. The Kier molecular flexibility index (Phi) is 7.45. The van der Waals surface area contributed by atoms with E-state index in [1.54, 1.807) is 0 Å². The van der Waals surface area contributed by atoms with Crippen LogP contribution in [0.5, 0.6) is 5.75 Å². The predicted octanol–water partition coefficient (Wildman–Crippen LogP) is 5.05. The third-order valence-electron chi connectivity index (χ3n) is 4.48. The second-order valence-corrected chi connectivity index (χ2v) is 6.52. The molecule has 0 radical (unpaired) electrons. The summed E-state index contributed by atoms with van der Waals surface area (Å²) in [5, 5.41) is 9.84. The molecule has 0 aromatic heterocycles. The quantitative estimate of drug-likeness (QED) is 0.209. The van der Waals surface area contributed by atoms with Crippen LogP contribution in [-0.4, -0.2) is 11.8 Å². The lowest BCUT2D eigenvalue weighted by atomic mass is 9.94. The highest BCUT2D eigenvalue weighted by atomic mass is 16.5. The van der Waals surface area contributed by atoms with E-state index in [0.717, 1.165) is 49.3 Å². The van der Waals surface area contributed by atoms with Crippen LogP contribution in [0.4, 0.5) is 0 Å². The number of rotatable bonds is 10. The molecule has 4 heteroatoms. The highest BCUT2D eigenvalue weighted by molar-refractivity contribution is 5.84. The molecule has 4 nitrogen and oxygen atoms in total. The number of carbonyl (C=O) groups excluding carboxylic acids is 1. The third-order valence-corrected chi connectivity index (χ3v) is 4.48. The second-order valence-electron chi connectivity index (χ2n) is 6.52. The first-order valence-corrected chi connectivity index (χ1v) is 9.13. The average molecular weight is 340 g/mol. The second kappa shape index (κ2) is 9.82. The van der Waals surface area contributed by atoms with Gasteiger partial charge in [0.15, 0.2) is 0 Å². The van der Waals surface area contributed by atoms with Crippen molar-refractivity contribution in [2.24, 2.45) is 11.7 Å². The number of nitrogens with two attached hydrogens (primary N) is 1. The number of ether oxygens (including phenoxy) is 1. The normalized spacial score (nSPS) is 12.0. The maximum absolute atomic E-state index is 12.0. The molecule has 1 unspecified atom stereocenters. The molecule has 0 saturated heterocycles. The van der Waals surface area contributed by atoms with Crippen LogP contribution in [0.15, 0.2) is 42.5 Å². The summed E-state index contributed by atoms with van der Waals surface area (Å²) < 4.78 is 5.44. The molecule has 0 spiro atoms. The Labute approximate surface area is 149 Å². The van der Waals surface area contributed by atoms with E-state index in [1.807, 2.05) is 42.5 Å². The molecule has 1 atom stereocenters. The Morgan fingerprint density at radius 1 is 1.08 bits per heavy atom. The van der Waals surface area contributed by atoms with Crippen LogP contribution in [-0.2, 0) is 4.79 Å². The molecule has 0 heterocycles. The van der Waals surface area contributed by atoms with Gasteiger partial charge in [0, 0.05) is 12.3 Å². The summed E-state index contributed by atoms with van der Waals surface area (Å²) in [7, 11) is 0. The lowest BCUT2D eigenvalue weighted by molar-refractivity contribution is -0.134. The zero-order valence-corrected chi connectivity index (χ0v) is 15.0. The molecule has 3 N–H and O–H groups in total. The first-order valence-electron chi connectivity index (χ1n) is 9.13. The molecule has 0 aliphatic rings. The molecule has 25 heavy (non-hydrogen) atoms. The third kappa shape index (κ3) is 6.22. The van der Waals surface area contributed by atoms with Crippen LogP contribution in [0.2, 0.25) is 0 Å². The number of nitrogens with one attached hydrogen (secondary N) is 1. The molecule has 0 fully saturated rings. The maximum atomic E-state index is 12.0. The summed E-state index contributed by atoms with van der Waals surface area (Å²) in [5.74, 6) is 0.806. The number of fused-ring (bicyclic) bond motifs is 1. The predicted molar refractivity (Wildman–Crippen MR) is 103 cm³/mol. The van der Waals surface area contributed by atoms with Gasteiger partial charge in [-0.3, -0.25) is 10.2 Å². The Hall–Kier alpha value is -2.36. The van der Waals surface area contributed by atoms with E-state index in [1.165, 1.54) is 0 Å². The van der Waals surface area contributed by atoms with Crippen molar-refractivity contribution in [1.82, 2.24) is 0 Å². The fourth-order valence-electron chi connectivity index (χ4n) is 2.98. The van der Waals surface area contributed by atoms with Crippen molar-refractivity contribution >= 4 is 22.6 Å². The van der Waals surface area contributed by atoms with Gasteiger partial charge in [-0.2, -0.15) is 0 Å². The van der Waals surface area contributed by atoms with Gasteiger partial charge >= 0.3 is 5.97 Å². The van der Waals surface area contributed by atoms with Gasteiger partial charge in [-0.15, -0.1) is 0 Å². The van der Waals surface area contributed by atoms with Crippen molar-refractivity contribution in [1.29, 1.82) is 5.41 Å². The lowest BCUT2D eigenvalue weighted by Crippen LogP contribution is -2.22. The number of hydrogen-bond donors (Lipinski definition) is 2. The van der Waals surface area contributed by atoms with Gasteiger partial charge in [-0.05, 0) is 42.2 Å². The number of amidine groups is 1. The van der Waals surface area contributed by atoms with Crippen molar-refractivity contribution < 1.29 is 9.53 Å². The summed E-state index contributed by atoms with van der Waals surface area (Å²) >= 11 is 0. The van der Waals surface area contributed by atoms with Crippen LogP contribution in [0.25, 0.3) is 10.8 Å². The molecular formula is C21H28N2O2. The van der Waals surface area contributed by atoms with E-state index in [4.69, 9.17) is 15.9 Å². The van der Waals surface area contributed by atoms with Gasteiger partial charge in [0.2, 0.25) is 0 Å². The monoisotopic (exact) mass is 340 g/mol. The average Bonchev–Trinajstić information content (AvgIpc) is 2.60. The van der Waals surface area contributed by atoms with Crippen LogP contribution in [0.1, 0.15) is 51.9 Å². The Morgan fingerprint density at radius 2 is 1.80 bits per heavy atom. The van der Waals surface area contributed by atoms with Crippen molar-refractivity contribution in [3.8, 4) is 5.75 Å². The number of benzene rings is 2. The summed E-state index contributed by atoms with van der Waals surface area (Å²) in [6.07, 6.45) is 6.09. The van der Waals surface area contributed by atoms with Gasteiger partial charge in [0.05, 0.1) is 5.84 Å². The Morgan fingerprint density at radius 3 is 2.52 bits per heavy atom. The molecule has 0 amide bonds. The minimum atomic E-state index is -0.205. The van der Waals surface area contributed by atoms with Gasteiger partial charge in [-0.1, -0.05) is 56.5 Å². The summed E-state index contributed by atoms with van der Waals surface area (Å²) in [4.78, 5) is 12.0. The SMILES string of the molecule is CCCCC(CCCCC(=O)Oc1ccc2ccccc2c1)C(=N)N. The van der Waals surface area contributed by atoms with Crippen LogP contribution in [0.3, 0.4) is 0 Å². The molecule has 0 aliphatic carbocycles. The highest BCUT2D eigenvalue weighted by Crippen LogP contribution is 2.21. The molecular weight excluding hydrogens is 312 g/mol. The molecule has 2 rings (SSSR count). The van der Waals surface area contributed by atoms with E-state index in [-0.39, 0.29) is 17.7 Å². The standard InChI is InChI=1S/C21H28N2O2/c1-2-3-8-17(21(22)23)10-6-7-12-20(24)25-19-14-13-16-9-4-5-11-18(16)15-19/h4-5,9,11,13-15,17H,2-3,6-8,10,12H2,1H3,(H3,22,23). The number of hydrogen-bond acceptors (Lipinski definition) is 3. The number of unbranched alkanes of at least 4 members (excludes halogenated alkanes) is 2. The van der Waals surface area contributed by atoms with Crippen LogP contribution in [0, 0.1) is 11.3 Å². The number of esters is 1. The van der Waals surface area contributed by atoms with Gasteiger partial charge < -0.3 is 10.5 Å². The van der Waals surface area contributed by atoms with Crippen LogP contribution >= 0.6 is 0 Å². The van der Waals surface area contributed by atoms with Crippen molar-refractivity contribution in [3.05, 3.63) is 42.5 Å². The summed E-state index contributed by atoms with van der Waals surface area (Å²) in [5.41, 5.74) is 5.66. The van der Waals surface area contributed by atoms with Crippen molar-refractivity contribution in [2.45, 2.75) is 51.9 Å². The van der Waals surface area contributed by atoms with E-state index in [2.05, 4.69) is 6.92 Å². The van der Waals surface area contributed by atoms with E-state index >= 15 is 0 Å². The van der Waals surface area contributed by atoms with E-state index in [0.29, 0.717) is 12.2 Å². The van der Waals surface area contributed by atoms with E-state index < -0.39 is 0 Å². The first-order chi connectivity index (χ1) is 12.1. The van der Waals surface area contributed by atoms with Crippen molar-refractivity contribution in [3.63, 3.8) is 0 Å². The minimum absolute atomic E-state index is 0.149. The van der Waals surface area contributed by atoms with Gasteiger partial charge in [0.25, 0.3) is 0 Å². The summed E-state index contributed by atoms with van der Waals surface area (Å²) in [6.45, 7) is 2.14. The van der Waals surface area contributed by atoms with Gasteiger partial charge in [-0.25, -0.2) is 0 Å². The fourth-order valence-corrected chi connectivity index (χ4v) is 2.98. The van der Waals surface area contributed by atoms with Crippen LogP contribution < -0.4 is 10.5 Å². The smallest absolute Gasteiger partial charge is 0.311 e. The minimum Gasteiger partial charge on any atom is -0.427 e. The van der Waals surface area contributed by atoms with Gasteiger partial charge in [0.1, 0.15) is 5.75 Å². The Bertz CT molecular complexity index is 712. The molecule has 0 saturated carbocycles. The molecule has 2 aromatic carbocycles. The summed E-state index contributed by atoms with van der Waals surface area (Å²) in [6, 6.07) is 13.7. The fraction of sp³-hybridized carbons (Fsp3) is 0.429. The first kappa shape index (κ1) is 19.0. The molecule has 2 aromatic rings. The molecule has 0 aliphatic heterocycles.